The van der Waals surface area contributed by atoms with Gasteiger partial charge in [-0.25, -0.2) is 9.97 Å². The number of nitrogens with zero attached hydrogens (tertiary/aromatic N) is 5. The van der Waals surface area contributed by atoms with Crippen molar-refractivity contribution in [2.45, 2.75) is 57.7 Å². The normalized spacial score (nSPS) is 21.2. The lowest BCUT2D eigenvalue weighted by Gasteiger charge is -2.36. The molecule has 2 atom stereocenters. The fourth-order valence-corrected chi connectivity index (χ4v) is 5.47. The minimum Gasteiger partial charge on any atom is -0.335 e. The lowest BCUT2D eigenvalue weighted by molar-refractivity contribution is 0.0673. The fourth-order valence-electron chi connectivity index (χ4n) is 5.03. The Kier molecular flexibility index (Phi) is 6.35. The van der Waals surface area contributed by atoms with Gasteiger partial charge in [0.15, 0.2) is 0 Å². The Balaban J connectivity index is 1.38. The molecule has 2 fully saturated rings. The number of nitrogens with one attached hydrogen (secondary N) is 2. The van der Waals surface area contributed by atoms with E-state index in [1.54, 1.807) is 35.2 Å². The van der Waals surface area contributed by atoms with Gasteiger partial charge < -0.3 is 15.5 Å². The first-order valence-corrected chi connectivity index (χ1v) is 12.5. The van der Waals surface area contributed by atoms with Gasteiger partial charge in [-0.15, -0.1) is 0 Å². The lowest BCUT2D eigenvalue weighted by atomic mass is 10.1. The molecule has 2 unspecified atom stereocenters. The average Bonchev–Trinajstić information content (AvgIpc) is 3.34. The second-order valence-electron chi connectivity index (χ2n) is 9.31. The molecule has 2 N–H and O–H groups in total. The second-order valence-corrected chi connectivity index (χ2v) is 10.2. The van der Waals surface area contributed by atoms with Crippen molar-refractivity contribution in [1.29, 1.82) is 0 Å². The van der Waals surface area contributed by atoms with Gasteiger partial charge >= 0.3 is 0 Å². The molecule has 1 aliphatic heterocycles. The van der Waals surface area contributed by atoms with Crippen LogP contribution in [0.5, 0.6) is 0 Å². The van der Waals surface area contributed by atoms with Crippen molar-refractivity contribution in [2.75, 3.05) is 18.4 Å². The molecule has 4 heterocycles. The van der Waals surface area contributed by atoms with Gasteiger partial charge in [-0.2, -0.15) is 4.98 Å². The SMILES string of the molecule is CC1CN(C(=O)c2ccc(Nc3ncc4cc(Br)c(=O)n(C5CCCC5)c4n3)nc2)CC(C)N1. The number of aromatic nitrogens is 4. The summed E-state index contributed by atoms with van der Waals surface area (Å²) >= 11 is 3.39. The van der Waals surface area contributed by atoms with Crippen LogP contribution in [0.3, 0.4) is 0 Å². The van der Waals surface area contributed by atoms with Crippen LogP contribution in [0.25, 0.3) is 11.0 Å². The number of pyridine rings is 2. The van der Waals surface area contributed by atoms with Gasteiger partial charge in [0, 0.05) is 49.0 Å². The highest BCUT2D eigenvalue weighted by Gasteiger charge is 2.26. The van der Waals surface area contributed by atoms with E-state index in [2.05, 4.69) is 55.4 Å². The lowest BCUT2D eigenvalue weighted by Crippen LogP contribution is -2.55. The first kappa shape index (κ1) is 22.9. The standard InChI is InChI=1S/C24H28BrN7O2/c1-14-12-31(13-15(2)28-14)22(33)16-7-8-20(26-10-16)29-24-27-11-17-9-19(25)23(34)32(21(17)30-24)18-5-3-4-6-18/h7-11,14-15,18,28H,3-6,12-13H2,1-2H3,(H,26,27,29,30). The number of halogens is 1. The predicted octanol–water partition coefficient (Wildman–Crippen LogP) is 3.63. The van der Waals surface area contributed by atoms with Gasteiger partial charge in [-0.3, -0.25) is 14.2 Å². The average molecular weight is 526 g/mol. The van der Waals surface area contributed by atoms with E-state index in [0.29, 0.717) is 40.5 Å². The summed E-state index contributed by atoms with van der Waals surface area (Å²) in [6, 6.07) is 5.95. The summed E-state index contributed by atoms with van der Waals surface area (Å²) in [6.07, 6.45) is 7.46. The molecule has 0 aromatic carbocycles. The molecule has 0 bridgehead atoms. The van der Waals surface area contributed by atoms with Crippen LogP contribution in [0.4, 0.5) is 11.8 Å². The van der Waals surface area contributed by atoms with Crippen LogP contribution in [0, 0.1) is 0 Å². The van der Waals surface area contributed by atoms with E-state index in [1.807, 2.05) is 4.90 Å². The smallest absolute Gasteiger partial charge is 0.266 e. The van der Waals surface area contributed by atoms with Crippen LogP contribution in [0.1, 0.15) is 55.9 Å². The minimum absolute atomic E-state index is 0.0210. The Bertz CT molecular complexity index is 1260. The number of rotatable bonds is 4. The third kappa shape index (κ3) is 4.56. The summed E-state index contributed by atoms with van der Waals surface area (Å²) < 4.78 is 2.32. The summed E-state index contributed by atoms with van der Waals surface area (Å²) in [5, 5.41) is 7.35. The number of hydrogen-bond donors (Lipinski definition) is 2. The van der Waals surface area contributed by atoms with Crippen LogP contribution >= 0.6 is 15.9 Å². The number of amides is 1. The summed E-state index contributed by atoms with van der Waals surface area (Å²) in [5.41, 5.74) is 1.10. The zero-order valence-corrected chi connectivity index (χ0v) is 20.9. The van der Waals surface area contributed by atoms with Gasteiger partial charge in [0.2, 0.25) is 5.95 Å². The van der Waals surface area contributed by atoms with Gasteiger partial charge in [0.1, 0.15) is 11.5 Å². The zero-order chi connectivity index (χ0) is 23.8. The minimum atomic E-state index is -0.0680. The highest BCUT2D eigenvalue weighted by atomic mass is 79.9. The Labute approximate surface area is 206 Å². The highest BCUT2D eigenvalue weighted by Crippen LogP contribution is 2.31. The summed E-state index contributed by atoms with van der Waals surface area (Å²) in [4.78, 5) is 41.1. The molecule has 2 aliphatic rings. The van der Waals surface area contributed by atoms with Gasteiger partial charge in [-0.05, 0) is 60.8 Å². The van der Waals surface area contributed by atoms with Gasteiger partial charge in [0.25, 0.3) is 11.5 Å². The van der Waals surface area contributed by atoms with Gasteiger partial charge in [-0.1, -0.05) is 12.8 Å². The number of fused-ring (bicyclic) bond motifs is 1. The molecule has 1 saturated heterocycles. The highest BCUT2D eigenvalue weighted by molar-refractivity contribution is 9.10. The van der Waals surface area contributed by atoms with Crippen LogP contribution in [0.15, 0.2) is 39.9 Å². The molecule has 10 heteroatoms. The molecule has 3 aromatic rings. The molecule has 178 valence electrons. The number of anilines is 2. The largest absolute Gasteiger partial charge is 0.335 e. The van der Waals surface area contributed by atoms with Crippen molar-refractivity contribution in [2.24, 2.45) is 0 Å². The third-order valence-corrected chi connectivity index (χ3v) is 7.08. The molecule has 0 spiro atoms. The Morgan fingerprint density at radius 1 is 1.12 bits per heavy atom. The van der Waals surface area contributed by atoms with Crippen LogP contribution in [-0.4, -0.2) is 55.5 Å². The zero-order valence-electron chi connectivity index (χ0n) is 19.3. The molecule has 9 nitrogen and oxygen atoms in total. The fraction of sp³-hybridized carbons (Fsp3) is 0.458. The van der Waals surface area contributed by atoms with Crippen LogP contribution in [-0.2, 0) is 0 Å². The Morgan fingerprint density at radius 3 is 2.53 bits per heavy atom. The molecular weight excluding hydrogens is 498 g/mol. The molecule has 34 heavy (non-hydrogen) atoms. The monoisotopic (exact) mass is 525 g/mol. The van der Waals surface area contributed by atoms with Crippen molar-refractivity contribution in [1.82, 2.24) is 29.7 Å². The molecule has 3 aromatic heterocycles. The first-order valence-electron chi connectivity index (χ1n) is 11.7. The maximum absolute atomic E-state index is 12.9. The topological polar surface area (TPSA) is 105 Å². The molecule has 1 amide bonds. The maximum Gasteiger partial charge on any atom is 0.266 e. The molecule has 0 radical (unpaired) electrons. The van der Waals surface area contributed by atoms with E-state index >= 15 is 0 Å². The molecule has 5 rings (SSSR count). The van der Waals surface area contributed by atoms with E-state index < -0.39 is 0 Å². The first-order chi connectivity index (χ1) is 16.4. The molecule has 1 aliphatic carbocycles. The van der Waals surface area contributed by atoms with Crippen molar-refractivity contribution in [3.05, 3.63) is 51.0 Å². The van der Waals surface area contributed by atoms with E-state index in [-0.39, 0.29) is 29.6 Å². The summed E-state index contributed by atoms with van der Waals surface area (Å²) in [7, 11) is 0. The van der Waals surface area contributed by atoms with Gasteiger partial charge in [0.05, 0.1) is 10.0 Å². The molecular formula is C24H28BrN7O2. The quantitative estimate of drug-likeness (QED) is 0.535. The molecule has 1 saturated carbocycles. The van der Waals surface area contributed by atoms with Crippen molar-refractivity contribution in [3.8, 4) is 0 Å². The van der Waals surface area contributed by atoms with E-state index in [9.17, 15) is 9.59 Å². The van der Waals surface area contributed by atoms with Crippen molar-refractivity contribution >= 4 is 44.6 Å². The Morgan fingerprint density at radius 2 is 1.85 bits per heavy atom. The summed E-state index contributed by atoms with van der Waals surface area (Å²) in [6.45, 7) is 5.51. The van der Waals surface area contributed by atoms with E-state index in [1.165, 1.54) is 0 Å². The van der Waals surface area contributed by atoms with Crippen LogP contribution < -0.4 is 16.2 Å². The van der Waals surface area contributed by atoms with Crippen molar-refractivity contribution in [3.63, 3.8) is 0 Å². The number of carbonyl (C=O) groups excluding carboxylic acids is 1. The van der Waals surface area contributed by atoms with Crippen LogP contribution in [0.2, 0.25) is 0 Å². The summed E-state index contributed by atoms with van der Waals surface area (Å²) in [5.74, 6) is 0.870. The maximum atomic E-state index is 12.9. The number of hydrogen-bond acceptors (Lipinski definition) is 7. The number of carbonyl (C=O) groups is 1. The second kappa shape index (κ2) is 9.42. The number of piperazine rings is 1. The predicted molar refractivity (Wildman–Crippen MR) is 134 cm³/mol. The Hall–Kier alpha value is -2.85. The van der Waals surface area contributed by atoms with E-state index in [0.717, 1.165) is 31.1 Å². The van der Waals surface area contributed by atoms with E-state index in [4.69, 9.17) is 0 Å². The van der Waals surface area contributed by atoms with Crippen molar-refractivity contribution < 1.29 is 4.79 Å². The third-order valence-electron chi connectivity index (χ3n) is 6.51.